The van der Waals surface area contributed by atoms with Crippen molar-refractivity contribution in [3.63, 3.8) is 0 Å². The van der Waals surface area contributed by atoms with E-state index in [4.69, 9.17) is 9.47 Å². The van der Waals surface area contributed by atoms with Gasteiger partial charge in [0.25, 0.3) is 0 Å². The van der Waals surface area contributed by atoms with E-state index in [2.05, 4.69) is 0 Å². The standard InChI is InChI=1S/C10H18O4/c11-10(12,5-9-7-14-9)4-2-1-3-8-6-13-8/h8-9,11-12H,1-7H2. The predicted molar refractivity (Wildman–Crippen MR) is 49.7 cm³/mol. The molecule has 2 fully saturated rings. The van der Waals surface area contributed by atoms with Crippen molar-refractivity contribution in [2.24, 2.45) is 0 Å². The van der Waals surface area contributed by atoms with Crippen LogP contribution in [-0.4, -0.2) is 41.4 Å². The van der Waals surface area contributed by atoms with Gasteiger partial charge in [0.05, 0.1) is 25.4 Å². The normalized spacial score (nSPS) is 30.4. The van der Waals surface area contributed by atoms with Gasteiger partial charge in [0, 0.05) is 12.8 Å². The smallest absolute Gasteiger partial charge is 0.165 e. The molecule has 2 aliphatic rings. The van der Waals surface area contributed by atoms with Gasteiger partial charge in [-0.1, -0.05) is 6.42 Å². The van der Waals surface area contributed by atoms with E-state index in [0.29, 0.717) is 25.6 Å². The maximum Gasteiger partial charge on any atom is 0.165 e. The highest BCUT2D eigenvalue weighted by Gasteiger charge is 2.34. The topological polar surface area (TPSA) is 65.5 Å². The summed E-state index contributed by atoms with van der Waals surface area (Å²) in [6, 6.07) is 0. The maximum atomic E-state index is 9.55. The molecule has 2 N–H and O–H groups in total. The van der Waals surface area contributed by atoms with Crippen LogP contribution in [0.2, 0.25) is 0 Å². The van der Waals surface area contributed by atoms with Crippen LogP contribution in [0, 0.1) is 0 Å². The second kappa shape index (κ2) is 4.14. The molecule has 0 bridgehead atoms. The number of unbranched alkanes of at least 4 members (excludes halogenated alkanes) is 1. The lowest BCUT2D eigenvalue weighted by Gasteiger charge is -2.20. The van der Waals surface area contributed by atoms with E-state index >= 15 is 0 Å². The molecule has 82 valence electrons. The second-order valence-electron chi connectivity index (χ2n) is 4.34. The fourth-order valence-electron chi connectivity index (χ4n) is 1.67. The molecule has 2 atom stereocenters. The zero-order chi connectivity index (χ0) is 10.0. The minimum Gasteiger partial charge on any atom is -0.373 e. The molecular formula is C10H18O4. The molecule has 0 aromatic heterocycles. The van der Waals surface area contributed by atoms with Gasteiger partial charge in [0.2, 0.25) is 0 Å². The zero-order valence-electron chi connectivity index (χ0n) is 8.32. The molecule has 0 spiro atoms. The van der Waals surface area contributed by atoms with Crippen LogP contribution in [0.4, 0.5) is 0 Å². The molecule has 4 heteroatoms. The lowest BCUT2D eigenvalue weighted by atomic mass is 10.0. The summed E-state index contributed by atoms with van der Waals surface area (Å²) in [5.41, 5.74) is 0. The summed E-state index contributed by atoms with van der Waals surface area (Å²) >= 11 is 0. The van der Waals surface area contributed by atoms with Crippen molar-refractivity contribution < 1.29 is 19.7 Å². The largest absolute Gasteiger partial charge is 0.373 e. The van der Waals surface area contributed by atoms with E-state index in [-0.39, 0.29) is 6.10 Å². The fraction of sp³-hybridized carbons (Fsp3) is 1.00. The van der Waals surface area contributed by atoms with Gasteiger partial charge in [-0.25, -0.2) is 0 Å². The molecule has 2 saturated heterocycles. The minimum atomic E-state index is -1.52. The molecule has 0 aromatic rings. The molecule has 2 unspecified atom stereocenters. The molecule has 0 radical (unpaired) electrons. The average Bonchev–Trinajstić information content (AvgIpc) is 2.91. The Balaban J connectivity index is 1.52. The minimum absolute atomic E-state index is 0.0803. The molecular weight excluding hydrogens is 184 g/mol. The van der Waals surface area contributed by atoms with Crippen LogP contribution in [0.5, 0.6) is 0 Å². The number of aliphatic hydroxyl groups is 2. The van der Waals surface area contributed by atoms with Crippen LogP contribution >= 0.6 is 0 Å². The van der Waals surface area contributed by atoms with Crippen LogP contribution in [0.25, 0.3) is 0 Å². The first-order valence-corrected chi connectivity index (χ1v) is 5.34. The number of hydrogen-bond acceptors (Lipinski definition) is 4. The number of hydrogen-bond donors (Lipinski definition) is 2. The van der Waals surface area contributed by atoms with Crippen LogP contribution in [0.15, 0.2) is 0 Å². The van der Waals surface area contributed by atoms with E-state index in [0.717, 1.165) is 25.9 Å². The fourth-order valence-corrected chi connectivity index (χ4v) is 1.67. The molecule has 0 amide bonds. The Bertz CT molecular complexity index is 185. The second-order valence-corrected chi connectivity index (χ2v) is 4.34. The Morgan fingerprint density at radius 2 is 1.71 bits per heavy atom. The number of ether oxygens (including phenoxy) is 2. The highest BCUT2D eigenvalue weighted by molar-refractivity contribution is 4.78. The molecule has 0 saturated carbocycles. The predicted octanol–water partition coefficient (Wildman–Crippen LogP) is 0.415. The van der Waals surface area contributed by atoms with E-state index in [9.17, 15) is 10.2 Å². The van der Waals surface area contributed by atoms with E-state index in [1.54, 1.807) is 0 Å². The summed E-state index contributed by atoms with van der Waals surface area (Å²) in [4.78, 5) is 0. The van der Waals surface area contributed by atoms with E-state index < -0.39 is 5.79 Å². The van der Waals surface area contributed by atoms with Gasteiger partial charge < -0.3 is 19.7 Å². The third kappa shape index (κ3) is 3.92. The van der Waals surface area contributed by atoms with Gasteiger partial charge in [0.15, 0.2) is 5.79 Å². The summed E-state index contributed by atoms with van der Waals surface area (Å²) in [5, 5.41) is 19.1. The monoisotopic (exact) mass is 202 g/mol. The van der Waals surface area contributed by atoms with Crippen molar-refractivity contribution in [2.45, 2.75) is 50.1 Å². The summed E-state index contributed by atoms with van der Waals surface area (Å²) < 4.78 is 10.0. The van der Waals surface area contributed by atoms with Crippen molar-refractivity contribution in [1.82, 2.24) is 0 Å². The highest BCUT2D eigenvalue weighted by atomic mass is 16.6. The van der Waals surface area contributed by atoms with E-state index in [1.807, 2.05) is 0 Å². The molecule has 4 nitrogen and oxygen atoms in total. The third-order valence-electron chi connectivity index (χ3n) is 2.71. The molecule has 0 aliphatic carbocycles. The van der Waals surface area contributed by atoms with Gasteiger partial charge in [0.1, 0.15) is 0 Å². The average molecular weight is 202 g/mol. The van der Waals surface area contributed by atoms with Crippen LogP contribution in [0.1, 0.15) is 32.1 Å². The van der Waals surface area contributed by atoms with Crippen molar-refractivity contribution in [2.75, 3.05) is 13.2 Å². The van der Waals surface area contributed by atoms with Crippen LogP contribution in [-0.2, 0) is 9.47 Å². The third-order valence-corrected chi connectivity index (χ3v) is 2.71. The van der Waals surface area contributed by atoms with Crippen LogP contribution < -0.4 is 0 Å². The Kier molecular flexibility index (Phi) is 3.07. The maximum absolute atomic E-state index is 9.55. The Morgan fingerprint density at radius 3 is 2.29 bits per heavy atom. The van der Waals surface area contributed by atoms with Crippen molar-refractivity contribution in [3.05, 3.63) is 0 Å². The van der Waals surface area contributed by atoms with Gasteiger partial charge in [-0.3, -0.25) is 0 Å². The molecule has 2 aliphatic heterocycles. The Hall–Kier alpha value is -0.160. The van der Waals surface area contributed by atoms with E-state index in [1.165, 1.54) is 0 Å². The summed E-state index contributed by atoms with van der Waals surface area (Å²) in [6.45, 7) is 1.57. The molecule has 14 heavy (non-hydrogen) atoms. The summed E-state index contributed by atoms with van der Waals surface area (Å²) in [5.74, 6) is -1.52. The Labute approximate surface area is 83.8 Å². The van der Waals surface area contributed by atoms with Gasteiger partial charge in [-0.2, -0.15) is 0 Å². The first kappa shape index (κ1) is 10.4. The van der Waals surface area contributed by atoms with Crippen LogP contribution in [0.3, 0.4) is 0 Å². The zero-order valence-corrected chi connectivity index (χ0v) is 8.32. The Morgan fingerprint density at radius 1 is 1.07 bits per heavy atom. The summed E-state index contributed by atoms with van der Waals surface area (Å²) in [6.07, 6.45) is 4.24. The van der Waals surface area contributed by atoms with Gasteiger partial charge in [-0.05, 0) is 12.8 Å². The summed E-state index contributed by atoms with van der Waals surface area (Å²) in [7, 11) is 0. The van der Waals surface area contributed by atoms with Crippen molar-refractivity contribution in [3.8, 4) is 0 Å². The number of rotatable bonds is 7. The van der Waals surface area contributed by atoms with Crippen molar-refractivity contribution >= 4 is 0 Å². The molecule has 2 rings (SSSR count). The first-order chi connectivity index (χ1) is 6.66. The lowest BCUT2D eigenvalue weighted by molar-refractivity contribution is -0.173. The first-order valence-electron chi connectivity index (χ1n) is 5.34. The van der Waals surface area contributed by atoms with Gasteiger partial charge in [-0.15, -0.1) is 0 Å². The number of epoxide rings is 2. The highest BCUT2D eigenvalue weighted by Crippen LogP contribution is 2.26. The molecule has 0 aromatic carbocycles. The van der Waals surface area contributed by atoms with Gasteiger partial charge >= 0.3 is 0 Å². The quantitative estimate of drug-likeness (QED) is 0.356. The molecule has 2 heterocycles. The van der Waals surface area contributed by atoms with Crippen molar-refractivity contribution in [1.29, 1.82) is 0 Å². The lowest BCUT2D eigenvalue weighted by Crippen LogP contribution is -2.29. The SMILES string of the molecule is OC(O)(CCCCC1CO1)CC1CO1.